The van der Waals surface area contributed by atoms with E-state index in [0.29, 0.717) is 11.1 Å². The zero-order valence-electron chi connectivity index (χ0n) is 19.6. The van der Waals surface area contributed by atoms with Crippen LogP contribution in [-0.4, -0.2) is 45.0 Å². The summed E-state index contributed by atoms with van der Waals surface area (Å²) >= 11 is 0. The molecule has 0 radical (unpaired) electrons. The number of hydrogen-bond acceptors (Lipinski definition) is 3. The molecule has 0 unspecified atom stereocenters. The van der Waals surface area contributed by atoms with Crippen LogP contribution in [0.15, 0.2) is 12.1 Å². The van der Waals surface area contributed by atoms with Crippen LogP contribution < -0.4 is 0 Å². The Bertz CT molecular complexity index is 859. The predicted molar refractivity (Wildman–Crippen MR) is 126 cm³/mol. The van der Waals surface area contributed by atoms with Gasteiger partial charge in [0.25, 0.3) is 5.91 Å². The molecule has 180 valence electrons. The average Bonchev–Trinajstić information content (AvgIpc) is 2.85. The van der Waals surface area contributed by atoms with Crippen LogP contribution in [0, 0.1) is 0 Å². The highest BCUT2D eigenvalue weighted by Gasteiger charge is 2.36. The van der Waals surface area contributed by atoms with Crippen LogP contribution in [0.3, 0.4) is 0 Å². The Labute approximate surface area is 196 Å². The molecular weight excluding hydrogens is 418 g/mol. The van der Waals surface area contributed by atoms with E-state index in [9.17, 15) is 24.6 Å². The molecule has 0 aromatic heterocycles. The van der Waals surface area contributed by atoms with Crippen LogP contribution in [0.1, 0.15) is 139 Å². The third-order valence-electron chi connectivity index (χ3n) is 8.07. The van der Waals surface area contributed by atoms with Gasteiger partial charge in [-0.3, -0.25) is 4.79 Å². The predicted octanol–water partition coefficient (Wildman–Crippen LogP) is 6.24. The van der Waals surface area contributed by atoms with E-state index in [1.807, 2.05) is 0 Å². The van der Waals surface area contributed by atoms with Gasteiger partial charge in [0.15, 0.2) is 0 Å². The Morgan fingerprint density at radius 1 is 0.636 bits per heavy atom. The van der Waals surface area contributed by atoms with E-state index < -0.39 is 11.9 Å². The van der Waals surface area contributed by atoms with Crippen LogP contribution in [0.5, 0.6) is 0 Å². The Morgan fingerprint density at radius 2 is 1.09 bits per heavy atom. The van der Waals surface area contributed by atoms with Gasteiger partial charge in [-0.2, -0.15) is 0 Å². The van der Waals surface area contributed by atoms with Crippen molar-refractivity contribution in [1.82, 2.24) is 4.90 Å². The van der Waals surface area contributed by atoms with Gasteiger partial charge >= 0.3 is 11.9 Å². The Kier molecular flexibility index (Phi) is 7.71. The number of hydrogen-bond donors (Lipinski definition) is 2. The second-order valence-electron chi connectivity index (χ2n) is 10.2. The molecule has 1 aromatic carbocycles. The summed E-state index contributed by atoms with van der Waals surface area (Å²) in [5, 5.41) is 19.7. The summed E-state index contributed by atoms with van der Waals surface area (Å²) in [7, 11) is 0. The van der Waals surface area contributed by atoms with Crippen LogP contribution in [0.25, 0.3) is 0 Å². The van der Waals surface area contributed by atoms with Crippen molar-refractivity contribution in [2.75, 3.05) is 0 Å². The van der Waals surface area contributed by atoms with E-state index in [0.717, 1.165) is 83.5 Å². The number of benzene rings is 1. The first-order chi connectivity index (χ1) is 16.0. The fourth-order valence-corrected chi connectivity index (χ4v) is 6.45. The molecule has 6 heteroatoms. The molecule has 0 heterocycles. The van der Waals surface area contributed by atoms with E-state index >= 15 is 0 Å². The molecule has 1 amide bonds. The van der Waals surface area contributed by atoms with E-state index in [-0.39, 0.29) is 35.0 Å². The molecule has 0 bridgehead atoms. The first kappa shape index (κ1) is 23.8. The van der Waals surface area contributed by atoms with Gasteiger partial charge < -0.3 is 15.1 Å². The minimum atomic E-state index is -1.19. The highest BCUT2D eigenvalue weighted by atomic mass is 16.4. The maximum atomic E-state index is 14.3. The first-order valence-corrected chi connectivity index (χ1v) is 12.9. The molecule has 0 atom stereocenters. The number of carbonyl (C=O) groups excluding carboxylic acids is 1. The monoisotopic (exact) mass is 455 g/mol. The Morgan fingerprint density at radius 3 is 1.55 bits per heavy atom. The van der Waals surface area contributed by atoms with Crippen molar-refractivity contribution >= 4 is 17.8 Å². The van der Waals surface area contributed by atoms with Gasteiger partial charge in [-0.1, -0.05) is 57.8 Å². The highest BCUT2D eigenvalue weighted by Crippen LogP contribution is 2.39. The van der Waals surface area contributed by atoms with Gasteiger partial charge in [0.05, 0.1) is 11.1 Å². The topological polar surface area (TPSA) is 94.9 Å². The zero-order valence-corrected chi connectivity index (χ0v) is 19.6. The molecule has 2 N–H and O–H groups in total. The summed E-state index contributed by atoms with van der Waals surface area (Å²) in [6, 6.07) is 3.06. The lowest BCUT2D eigenvalue weighted by molar-refractivity contribution is 0.0446. The molecule has 3 saturated carbocycles. The minimum Gasteiger partial charge on any atom is -0.478 e. The van der Waals surface area contributed by atoms with Crippen molar-refractivity contribution in [1.29, 1.82) is 0 Å². The fourth-order valence-electron chi connectivity index (χ4n) is 6.45. The number of nitrogens with zero attached hydrogens (tertiary/aromatic N) is 1. The van der Waals surface area contributed by atoms with Gasteiger partial charge in [-0.25, -0.2) is 9.59 Å². The lowest BCUT2D eigenvalue weighted by Gasteiger charge is -2.42. The van der Waals surface area contributed by atoms with Crippen LogP contribution >= 0.6 is 0 Å². The number of amides is 1. The van der Waals surface area contributed by atoms with Gasteiger partial charge in [-0.05, 0) is 62.1 Å². The van der Waals surface area contributed by atoms with Crippen LogP contribution in [0.4, 0.5) is 0 Å². The van der Waals surface area contributed by atoms with E-state index in [4.69, 9.17) is 0 Å². The number of carbonyl (C=O) groups is 3. The zero-order chi connectivity index (χ0) is 23.4. The number of rotatable bonds is 6. The molecule has 1 aromatic rings. The van der Waals surface area contributed by atoms with Crippen molar-refractivity contribution in [3.8, 4) is 0 Å². The van der Waals surface area contributed by atoms with Crippen molar-refractivity contribution in [2.45, 2.75) is 114 Å². The largest absolute Gasteiger partial charge is 0.478 e. The molecule has 4 rings (SSSR count). The molecule has 6 nitrogen and oxygen atoms in total. The third-order valence-corrected chi connectivity index (χ3v) is 8.07. The molecule has 33 heavy (non-hydrogen) atoms. The van der Waals surface area contributed by atoms with Gasteiger partial charge in [0, 0.05) is 17.6 Å². The second kappa shape index (κ2) is 10.7. The lowest BCUT2D eigenvalue weighted by Crippen LogP contribution is -2.49. The minimum absolute atomic E-state index is 0.00242. The first-order valence-electron chi connectivity index (χ1n) is 12.9. The SMILES string of the molecule is O=C(O)c1cc(C(=O)O)c(C2CCCCC2)c(C(=O)N(C2CCCCC2)C2CCCCC2)c1. The normalized spacial score (nSPS) is 21.0. The summed E-state index contributed by atoms with van der Waals surface area (Å²) < 4.78 is 0. The van der Waals surface area contributed by atoms with Crippen molar-refractivity contribution in [3.63, 3.8) is 0 Å². The number of carboxylic acids is 2. The Hall–Kier alpha value is -2.37. The maximum absolute atomic E-state index is 14.3. The molecule has 3 fully saturated rings. The fraction of sp³-hybridized carbons (Fsp3) is 0.667. The molecule has 0 spiro atoms. The summed E-state index contributed by atoms with van der Waals surface area (Å²) in [6.07, 6.45) is 15.5. The number of carboxylic acid groups (broad SMARTS) is 2. The Balaban J connectivity index is 1.83. The van der Waals surface area contributed by atoms with Crippen LogP contribution in [0.2, 0.25) is 0 Å². The quantitative estimate of drug-likeness (QED) is 0.529. The molecule has 3 aliphatic rings. The molecular formula is C27H37NO5. The standard InChI is InChI=1S/C27H37NO5/c29-25(28(20-12-6-2-7-13-20)21-14-8-3-9-15-21)22-16-19(26(30)31)17-23(27(32)33)24(22)18-10-4-1-5-11-18/h16-18,20-21H,1-15H2,(H,30,31)(H,32,33). The third kappa shape index (κ3) is 5.25. The smallest absolute Gasteiger partial charge is 0.336 e. The summed E-state index contributed by atoms with van der Waals surface area (Å²) in [5.74, 6) is -2.48. The lowest BCUT2D eigenvalue weighted by atomic mass is 9.78. The van der Waals surface area contributed by atoms with E-state index in [1.54, 1.807) is 0 Å². The van der Waals surface area contributed by atoms with Gasteiger partial charge in [-0.15, -0.1) is 0 Å². The maximum Gasteiger partial charge on any atom is 0.336 e. The average molecular weight is 456 g/mol. The van der Waals surface area contributed by atoms with E-state index in [2.05, 4.69) is 4.90 Å². The van der Waals surface area contributed by atoms with Crippen LogP contribution in [-0.2, 0) is 0 Å². The van der Waals surface area contributed by atoms with Crippen molar-refractivity contribution < 1.29 is 24.6 Å². The molecule has 0 saturated heterocycles. The number of aromatic carboxylic acids is 2. The summed E-state index contributed by atoms with van der Waals surface area (Å²) in [6.45, 7) is 0. The van der Waals surface area contributed by atoms with Gasteiger partial charge in [0.2, 0.25) is 0 Å². The highest BCUT2D eigenvalue weighted by molar-refractivity contribution is 6.04. The van der Waals surface area contributed by atoms with E-state index in [1.165, 1.54) is 25.0 Å². The molecule has 3 aliphatic carbocycles. The second-order valence-corrected chi connectivity index (χ2v) is 10.2. The van der Waals surface area contributed by atoms with Crippen molar-refractivity contribution in [2.24, 2.45) is 0 Å². The van der Waals surface area contributed by atoms with Crippen molar-refractivity contribution in [3.05, 3.63) is 34.4 Å². The van der Waals surface area contributed by atoms with Gasteiger partial charge in [0.1, 0.15) is 0 Å². The summed E-state index contributed by atoms with van der Waals surface area (Å²) in [4.78, 5) is 40.5. The summed E-state index contributed by atoms with van der Waals surface area (Å²) in [5.41, 5.74) is 0.795. The molecule has 0 aliphatic heterocycles.